The summed E-state index contributed by atoms with van der Waals surface area (Å²) in [6.45, 7) is 0. The van der Waals surface area contributed by atoms with Gasteiger partial charge in [0.05, 0.1) is 17.8 Å². The van der Waals surface area contributed by atoms with Gasteiger partial charge in [0.2, 0.25) is 5.78 Å². The Kier molecular flexibility index (Phi) is 6.34. The van der Waals surface area contributed by atoms with Gasteiger partial charge in [0.15, 0.2) is 11.5 Å². The maximum atomic E-state index is 12.9. The molecule has 3 aromatic carbocycles. The second-order valence-electron chi connectivity index (χ2n) is 5.81. The van der Waals surface area contributed by atoms with E-state index in [0.717, 1.165) is 0 Å². The van der Waals surface area contributed by atoms with Gasteiger partial charge in [-0.3, -0.25) is 4.79 Å². The number of rotatable bonds is 6. The van der Waals surface area contributed by atoms with E-state index >= 15 is 0 Å². The summed E-state index contributed by atoms with van der Waals surface area (Å²) >= 11 is 3.27. The molecule has 0 saturated heterocycles. The zero-order valence-electron chi connectivity index (χ0n) is 15.0. The largest absolute Gasteiger partial charge is 0.503 e. The minimum Gasteiger partial charge on any atom is -0.503 e. The Labute approximate surface area is 171 Å². The maximum absolute atomic E-state index is 12.9. The SMILES string of the molecule is COc1cc(C=NN=C(C(=O)c2ccccc2)c2ccccc2)cc(Br)c1O. The predicted molar refractivity (Wildman–Crippen MR) is 114 cm³/mol. The van der Waals surface area contributed by atoms with E-state index in [1.807, 2.05) is 36.4 Å². The lowest BCUT2D eigenvalue weighted by molar-refractivity contribution is 0.106. The molecule has 6 heteroatoms. The number of benzene rings is 3. The zero-order chi connectivity index (χ0) is 19.9. The maximum Gasteiger partial charge on any atom is 0.213 e. The van der Waals surface area contributed by atoms with Crippen LogP contribution < -0.4 is 4.74 Å². The molecule has 140 valence electrons. The number of nitrogens with zero attached hydrogens (tertiary/aromatic N) is 2. The lowest BCUT2D eigenvalue weighted by atomic mass is 10.0. The van der Waals surface area contributed by atoms with Gasteiger partial charge in [0.1, 0.15) is 5.71 Å². The molecule has 0 fully saturated rings. The van der Waals surface area contributed by atoms with Crippen LogP contribution in [-0.2, 0) is 0 Å². The first-order chi connectivity index (χ1) is 13.6. The molecule has 0 aliphatic rings. The molecule has 0 aliphatic heterocycles. The Balaban J connectivity index is 1.97. The number of Topliss-reactive ketones (excluding diaryl/α,β-unsaturated/α-hetero) is 1. The zero-order valence-corrected chi connectivity index (χ0v) is 16.6. The highest BCUT2D eigenvalue weighted by molar-refractivity contribution is 9.10. The van der Waals surface area contributed by atoms with E-state index < -0.39 is 0 Å². The summed E-state index contributed by atoms with van der Waals surface area (Å²) in [5.74, 6) is 0.101. The summed E-state index contributed by atoms with van der Waals surface area (Å²) < 4.78 is 5.60. The molecular weight excluding hydrogens is 420 g/mol. The fraction of sp³-hybridized carbons (Fsp3) is 0.0455. The lowest BCUT2D eigenvalue weighted by Crippen LogP contribution is -2.15. The molecule has 3 rings (SSSR count). The first-order valence-corrected chi connectivity index (χ1v) is 9.22. The van der Waals surface area contributed by atoms with E-state index in [-0.39, 0.29) is 17.2 Å². The van der Waals surface area contributed by atoms with Crippen LogP contribution in [0.5, 0.6) is 11.5 Å². The standard InChI is InChI=1S/C22H17BrN2O3/c1-28-19-13-15(12-18(23)22(19)27)14-24-25-20(16-8-4-2-5-9-16)21(26)17-10-6-3-7-11-17/h2-14,27H,1H3. The van der Waals surface area contributed by atoms with Crippen molar-refractivity contribution in [1.29, 1.82) is 0 Å². The molecule has 0 saturated carbocycles. The summed E-state index contributed by atoms with van der Waals surface area (Å²) in [6, 6.07) is 21.4. The molecule has 1 N–H and O–H groups in total. The number of aromatic hydroxyl groups is 1. The number of halogens is 1. The summed E-state index contributed by atoms with van der Waals surface area (Å²) in [6.07, 6.45) is 1.49. The fourth-order valence-corrected chi connectivity index (χ4v) is 2.99. The quantitative estimate of drug-likeness (QED) is 0.340. The molecule has 0 amide bonds. The lowest BCUT2D eigenvalue weighted by Gasteiger charge is -2.06. The van der Waals surface area contributed by atoms with E-state index in [1.54, 1.807) is 36.4 Å². The molecule has 0 aromatic heterocycles. The van der Waals surface area contributed by atoms with Crippen LogP contribution in [0.3, 0.4) is 0 Å². The smallest absolute Gasteiger partial charge is 0.213 e. The number of hydrogen-bond donors (Lipinski definition) is 1. The molecule has 0 heterocycles. The van der Waals surface area contributed by atoms with Crippen LogP contribution in [-0.4, -0.2) is 29.9 Å². The molecule has 28 heavy (non-hydrogen) atoms. The van der Waals surface area contributed by atoms with Crippen molar-refractivity contribution in [3.8, 4) is 11.5 Å². The van der Waals surface area contributed by atoms with Crippen molar-refractivity contribution in [3.05, 3.63) is 94.0 Å². The number of hydrogen-bond acceptors (Lipinski definition) is 5. The van der Waals surface area contributed by atoms with E-state index in [9.17, 15) is 9.90 Å². The molecule has 3 aromatic rings. The van der Waals surface area contributed by atoms with Gasteiger partial charge in [-0.05, 0) is 33.6 Å². The second kappa shape index (κ2) is 9.10. The molecule has 0 atom stereocenters. The number of ether oxygens (including phenoxy) is 1. The van der Waals surface area contributed by atoms with Crippen LogP contribution in [0.1, 0.15) is 21.5 Å². The molecule has 0 bridgehead atoms. The van der Waals surface area contributed by atoms with Crippen molar-refractivity contribution < 1.29 is 14.6 Å². The number of carbonyl (C=O) groups is 1. The summed E-state index contributed by atoms with van der Waals surface area (Å²) in [5.41, 5.74) is 2.12. The molecule has 0 spiro atoms. The highest BCUT2D eigenvalue weighted by Crippen LogP contribution is 2.34. The van der Waals surface area contributed by atoms with Crippen molar-refractivity contribution in [2.75, 3.05) is 7.11 Å². The average Bonchev–Trinajstić information content (AvgIpc) is 2.74. The molecule has 0 radical (unpaired) electrons. The van der Waals surface area contributed by atoms with Crippen LogP contribution in [0.2, 0.25) is 0 Å². The Bertz CT molecular complexity index is 1030. The number of phenols is 1. The highest BCUT2D eigenvalue weighted by atomic mass is 79.9. The average molecular weight is 437 g/mol. The van der Waals surface area contributed by atoms with Gasteiger partial charge >= 0.3 is 0 Å². The second-order valence-corrected chi connectivity index (χ2v) is 6.66. The van der Waals surface area contributed by atoms with Crippen LogP contribution >= 0.6 is 15.9 Å². The van der Waals surface area contributed by atoms with Gasteiger partial charge in [0.25, 0.3) is 0 Å². The summed E-state index contributed by atoms with van der Waals surface area (Å²) in [5, 5.41) is 18.2. The highest BCUT2D eigenvalue weighted by Gasteiger charge is 2.16. The normalized spacial score (nSPS) is 11.6. The van der Waals surface area contributed by atoms with Gasteiger partial charge in [-0.2, -0.15) is 5.10 Å². The topological polar surface area (TPSA) is 71.2 Å². The number of phenolic OH excluding ortho intramolecular Hbond substituents is 1. The van der Waals surface area contributed by atoms with Crippen LogP contribution in [0, 0.1) is 0 Å². The van der Waals surface area contributed by atoms with Crippen molar-refractivity contribution in [2.45, 2.75) is 0 Å². The van der Waals surface area contributed by atoms with Gasteiger partial charge in [-0.25, -0.2) is 0 Å². The van der Waals surface area contributed by atoms with Crippen LogP contribution in [0.25, 0.3) is 0 Å². The number of ketones is 1. The van der Waals surface area contributed by atoms with E-state index in [4.69, 9.17) is 4.74 Å². The number of carbonyl (C=O) groups excluding carboxylic acids is 1. The van der Waals surface area contributed by atoms with E-state index in [1.165, 1.54) is 13.3 Å². The number of methoxy groups -OCH3 is 1. The van der Waals surface area contributed by atoms with Crippen molar-refractivity contribution in [3.63, 3.8) is 0 Å². The van der Waals surface area contributed by atoms with Crippen molar-refractivity contribution in [2.24, 2.45) is 10.2 Å². The first-order valence-electron chi connectivity index (χ1n) is 8.43. The first kappa shape index (κ1) is 19.5. The van der Waals surface area contributed by atoms with Crippen LogP contribution in [0.15, 0.2) is 87.5 Å². The Hall–Kier alpha value is -3.25. The molecular formula is C22H17BrN2O3. The van der Waals surface area contributed by atoms with E-state index in [2.05, 4.69) is 26.1 Å². The monoisotopic (exact) mass is 436 g/mol. The van der Waals surface area contributed by atoms with Gasteiger partial charge in [-0.1, -0.05) is 60.7 Å². The van der Waals surface area contributed by atoms with Crippen molar-refractivity contribution in [1.82, 2.24) is 0 Å². The third kappa shape index (κ3) is 4.53. The van der Waals surface area contributed by atoms with Gasteiger partial charge in [-0.15, -0.1) is 5.10 Å². The third-order valence-corrected chi connectivity index (χ3v) is 4.54. The van der Waals surface area contributed by atoms with E-state index in [0.29, 0.717) is 26.9 Å². The summed E-state index contributed by atoms with van der Waals surface area (Å²) in [4.78, 5) is 12.9. The Morgan fingerprint density at radius 2 is 1.61 bits per heavy atom. The summed E-state index contributed by atoms with van der Waals surface area (Å²) in [7, 11) is 1.46. The Morgan fingerprint density at radius 1 is 1.00 bits per heavy atom. The molecule has 5 nitrogen and oxygen atoms in total. The molecule has 0 aliphatic carbocycles. The van der Waals surface area contributed by atoms with Gasteiger partial charge in [0, 0.05) is 11.1 Å². The van der Waals surface area contributed by atoms with Crippen molar-refractivity contribution >= 4 is 33.6 Å². The van der Waals surface area contributed by atoms with Gasteiger partial charge < -0.3 is 9.84 Å². The predicted octanol–water partition coefficient (Wildman–Crippen LogP) is 4.87. The Morgan fingerprint density at radius 3 is 2.21 bits per heavy atom. The molecule has 0 unspecified atom stereocenters. The third-order valence-electron chi connectivity index (χ3n) is 3.93. The van der Waals surface area contributed by atoms with Crippen LogP contribution in [0.4, 0.5) is 0 Å². The minimum absolute atomic E-state index is 0.00683. The fourth-order valence-electron chi connectivity index (χ4n) is 2.53. The minimum atomic E-state index is -0.214.